The van der Waals surface area contributed by atoms with Gasteiger partial charge in [-0.15, -0.1) is 0 Å². The first-order chi connectivity index (χ1) is 13.2. The van der Waals surface area contributed by atoms with E-state index in [1.165, 1.54) is 0 Å². The standard InChI is InChI=1S/C19H32N4O4Si/c1-5-27-18(24)17(22-20)19(25)8-6-15(7-9-19)16-12-21-23(13-16)14-26-10-11-28(2,3)4/h12-13,15,25H,5-11,14H2,1-4H3. The second-order valence-corrected chi connectivity index (χ2v) is 14.3. The Hall–Kier alpha value is -1.80. The van der Waals surface area contributed by atoms with Crippen LogP contribution in [0.4, 0.5) is 0 Å². The second-order valence-electron chi connectivity index (χ2n) is 8.64. The van der Waals surface area contributed by atoms with Crippen LogP contribution in [0.2, 0.25) is 25.7 Å². The number of esters is 1. The fourth-order valence-electron chi connectivity index (χ4n) is 3.39. The van der Waals surface area contributed by atoms with Crippen LogP contribution in [0.5, 0.6) is 0 Å². The van der Waals surface area contributed by atoms with E-state index >= 15 is 0 Å². The maximum atomic E-state index is 11.9. The van der Waals surface area contributed by atoms with Crippen LogP contribution in [-0.2, 0) is 21.0 Å². The van der Waals surface area contributed by atoms with Crippen LogP contribution in [0.1, 0.15) is 44.1 Å². The number of hydrogen-bond acceptors (Lipinski definition) is 5. The number of nitrogens with zero attached hydrogens (tertiary/aromatic N) is 4. The maximum Gasteiger partial charge on any atom is 0.420 e. The summed E-state index contributed by atoms with van der Waals surface area (Å²) in [5, 5.41) is 15.1. The molecule has 0 bridgehead atoms. The molecule has 1 N–H and O–H groups in total. The zero-order chi connectivity index (χ0) is 20.8. The Morgan fingerprint density at radius 1 is 1.43 bits per heavy atom. The summed E-state index contributed by atoms with van der Waals surface area (Å²) in [6, 6.07) is 1.12. The molecule has 0 aliphatic heterocycles. The third-order valence-electron chi connectivity index (χ3n) is 5.17. The molecular weight excluding hydrogens is 376 g/mol. The van der Waals surface area contributed by atoms with Gasteiger partial charge in [-0.05, 0) is 50.1 Å². The van der Waals surface area contributed by atoms with E-state index in [1.807, 2.05) is 12.4 Å². The average molecular weight is 409 g/mol. The van der Waals surface area contributed by atoms with Gasteiger partial charge in [0.25, 0.3) is 0 Å². The van der Waals surface area contributed by atoms with Crippen LogP contribution in [-0.4, -0.2) is 58.2 Å². The Labute approximate surface area is 167 Å². The summed E-state index contributed by atoms with van der Waals surface area (Å²) in [5.41, 5.74) is 8.52. The molecule has 2 rings (SSSR count). The van der Waals surface area contributed by atoms with Crippen LogP contribution in [0.15, 0.2) is 12.4 Å². The normalized spacial score (nSPS) is 22.5. The molecule has 1 heterocycles. The summed E-state index contributed by atoms with van der Waals surface area (Å²) in [5.74, 6) is -0.535. The molecule has 0 aromatic carbocycles. The molecule has 0 unspecified atom stereocenters. The van der Waals surface area contributed by atoms with E-state index in [-0.39, 0.29) is 18.2 Å². The average Bonchev–Trinajstić information content (AvgIpc) is 3.08. The lowest BCUT2D eigenvalue weighted by Crippen LogP contribution is -2.47. The zero-order valence-electron chi connectivity index (χ0n) is 17.3. The molecule has 1 aromatic rings. The van der Waals surface area contributed by atoms with Crippen LogP contribution in [0.25, 0.3) is 5.53 Å². The molecule has 0 radical (unpaired) electrons. The minimum atomic E-state index is -1.45. The predicted molar refractivity (Wildman–Crippen MR) is 108 cm³/mol. The van der Waals surface area contributed by atoms with Gasteiger partial charge in [-0.25, -0.2) is 9.48 Å². The first-order valence-electron chi connectivity index (χ1n) is 9.90. The molecule has 9 heteroatoms. The Morgan fingerprint density at radius 2 is 2.11 bits per heavy atom. The van der Waals surface area contributed by atoms with E-state index in [0.717, 1.165) is 18.2 Å². The summed E-state index contributed by atoms with van der Waals surface area (Å²) in [6.07, 6.45) is 5.80. The number of carbonyl (C=O) groups is 1. The topological polar surface area (TPSA) is 110 Å². The molecule has 0 spiro atoms. The van der Waals surface area contributed by atoms with Gasteiger partial charge in [0, 0.05) is 20.9 Å². The largest absolute Gasteiger partial charge is 0.457 e. The number of aliphatic hydroxyl groups is 1. The van der Waals surface area contributed by atoms with E-state index in [2.05, 4.69) is 29.5 Å². The molecule has 1 fully saturated rings. The summed E-state index contributed by atoms with van der Waals surface area (Å²) >= 11 is 0. The van der Waals surface area contributed by atoms with Crippen molar-refractivity contribution in [3.05, 3.63) is 23.5 Å². The van der Waals surface area contributed by atoms with Crippen molar-refractivity contribution in [2.75, 3.05) is 13.2 Å². The van der Waals surface area contributed by atoms with E-state index < -0.39 is 19.6 Å². The molecule has 8 nitrogen and oxygen atoms in total. The highest BCUT2D eigenvalue weighted by atomic mass is 28.3. The molecule has 28 heavy (non-hydrogen) atoms. The maximum absolute atomic E-state index is 11.9. The Kier molecular flexibility index (Phi) is 7.71. The molecule has 0 amide bonds. The minimum Gasteiger partial charge on any atom is -0.457 e. The Bertz CT molecular complexity index is 714. The van der Waals surface area contributed by atoms with Crippen molar-refractivity contribution in [1.29, 1.82) is 0 Å². The van der Waals surface area contributed by atoms with Gasteiger partial charge < -0.3 is 20.1 Å². The monoisotopic (exact) mass is 408 g/mol. The highest BCUT2D eigenvalue weighted by Crippen LogP contribution is 2.38. The fourth-order valence-corrected chi connectivity index (χ4v) is 4.14. The van der Waals surface area contributed by atoms with Crippen LogP contribution in [0.3, 0.4) is 0 Å². The summed E-state index contributed by atoms with van der Waals surface area (Å²) in [4.78, 5) is 14.9. The summed E-state index contributed by atoms with van der Waals surface area (Å²) in [7, 11) is -1.10. The van der Waals surface area contributed by atoms with Crippen molar-refractivity contribution in [2.24, 2.45) is 0 Å². The first-order valence-corrected chi connectivity index (χ1v) is 13.6. The number of aromatic nitrogens is 2. The molecule has 156 valence electrons. The van der Waals surface area contributed by atoms with Crippen molar-refractivity contribution in [3.8, 4) is 0 Å². The van der Waals surface area contributed by atoms with Gasteiger partial charge in [0.15, 0.2) is 5.60 Å². The van der Waals surface area contributed by atoms with Crippen LogP contribution < -0.4 is 0 Å². The highest BCUT2D eigenvalue weighted by molar-refractivity contribution is 6.76. The molecular formula is C19H32N4O4Si. The molecule has 1 aromatic heterocycles. The quantitative estimate of drug-likeness (QED) is 0.169. The van der Waals surface area contributed by atoms with Gasteiger partial charge in [-0.3, -0.25) is 0 Å². The van der Waals surface area contributed by atoms with Gasteiger partial charge in [-0.2, -0.15) is 9.89 Å². The number of carbonyl (C=O) groups excluding carboxylic acids is 1. The van der Waals surface area contributed by atoms with Crippen LogP contribution >= 0.6 is 0 Å². The molecule has 1 saturated carbocycles. The summed E-state index contributed by atoms with van der Waals surface area (Å²) in [6.45, 7) is 9.98. The lowest BCUT2D eigenvalue weighted by atomic mass is 9.74. The predicted octanol–water partition coefficient (Wildman–Crippen LogP) is 2.82. The smallest absolute Gasteiger partial charge is 0.420 e. The lowest BCUT2D eigenvalue weighted by Gasteiger charge is -2.31. The summed E-state index contributed by atoms with van der Waals surface area (Å²) < 4.78 is 12.4. The third kappa shape index (κ3) is 6.10. The highest BCUT2D eigenvalue weighted by Gasteiger charge is 2.48. The fraction of sp³-hybridized carbons (Fsp3) is 0.737. The van der Waals surface area contributed by atoms with Crippen molar-refractivity contribution in [2.45, 2.75) is 76.5 Å². The van der Waals surface area contributed by atoms with Crippen molar-refractivity contribution < 1.29 is 24.2 Å². The van der Waals surface area contributed by atoms with E-state index in [9.17, 15) is 15.4 Å². The van der Waals surface area contributed by atoms with Crippen molar-refractivity contribution in [1.82, 2.24) is 9.78 Å². The van der Waals surface area contributed by atoms with Gasteiger partial charge in [0.1, 0.15) is 6.73 Å². The zero-order valence-corrected chi connectivity index (χ0v) is 18.3. The lowest BCUT2D eigenvalue weighted by molar-refractivity contribution is -0.144. The van der Waals surface area contributed by atoms with Crippen molar-refractivity contribution in [3.63, 3.8) is 0 Å². The van der Waals surface area contributed by atoms with E-state index in [1.54, 1.807) is 11.6 Å². The minimum absolute atomic E-state index is 0.162. The SMILES string of the molecule is CCOC(=O)C(=[N+]=[N-])C1(O)CCC(c2cnn(COCC[Si](C)(C)C)c2)CC1. The second kappa shape index (κ2) is 9.60. The molecule has 0 saturated heterocycles. The third-order valence-corrected chi connectivity index (χ3v) is 6.87. The molecule has 1 aliphatic rings. The van der Waals surface area contributed by atoms with Crippen molar-refractivity contribution >= 4 is 19.8 Å². The van der Waals surface area contributed by atoms with Gasteiger partial charge in [0.2, 0.25) is 0 Å². The first kappa shape index (κ1) is 22.5. The van der Waals surface area contributed by atoms with Gasteiger partial charge in [-0.1, -0.05) is 19.6 Å². The molecule has 1 aliphatic carbocycles. The van der Waals surface area contributed by atoms with E-state index in [4.69, 9.17) is 9.47 Å². The Balaban J connectivity index is 1.89. The number of ether oxygens (including phenoxy) is 2. The van der Waals surface area contributed by atoms with Gasteiger partial charge >= 0.3 is 11.7 Å². The van der Waals surface area contributed by atoms with Crippen LogP contribution in [0, 0.1) is 0 Å². The number of rotatable bonds is 9. The van der Waals surface area contributed by atoms with Gasteiger partial charge in [0.05, 0.1) is 12.8 Å². The number of hydrogen-bond donors (Lipinski definition) is 1. The molecule has 0 atom stereocenters. The van der Waals surface area contributed by atoms with E-state index in [0.29, 0.717) is 32.4 Å². The Morgan fingerprint density at radius 3 is 2.68 bits per heavy atom.